The molecule has 0 unspecified atom stereocenters. The third kappa shape index (κ3) is 2.36. The largest absolute Gasteiger partial charge is 0.469 e. The Bertz CT molecular complexity index is 456. The summed E-state index contributed by atoms with van der Waals surface area (Å²) >= 11 is 0. The van der Waals surface area contributed by atoms with Crippen molar-refractivity contribution < 1.29 is 23.9 Å². The van der Waals surface area contributed by atoms with Gasteiger partial charge >= 0.3 is 11.9 Å². The van der Waals surface area contributed by atoms with Crippen molar-refractivity contribution in [3.63, 3.8) is 0 Å². The summed E-state index contributed by atoms with van der Waals surface area (Å²) in [5, 5.41) is 1.50. The Morgan fingerprint density at radius 2 is 2.00 bits per heavy atom. The summed E-state index contributed by atoms with van der Waals surface area (Å²) in [6.07, 6.45) is -0.984. The van der Waals surface area contributed by atoms with Crippen molar-refractivity contribution >= 4 is 11.9 Å². The van der Waals surface area contributed by atoms with Crippen molar-refractivity contribution in [2.24, 2.45) is 5.92 Å². The lowest BCUT2D eigenvalue weighted by Crippen LogP contribution is -2.35. The maximum absolute atomic E-state index is 12.0. The lowest BCUT2D eigenvalue weighted by molar-refractivity contribution is -0.182. The van der Waals surface area contributed by atoms with Gasteiger partial charge in [0, 0.05) is 13.1 Å². The van der Waals surface area contributed by atoms with Crippen LogP contribution in [0.2, 0.25) is 0 Å². The predicted molar refractivity (Wildman–Crippen MR) is 64.9 cm³/mol. The summed E-state index contributed by atoms with van der Waals surface area (Å²) < 4.78 is 9.46. The molecule has 3 atom stereocenters. The normalized spacial score (nSPS) is 27.2. The van der Waals surface area contributed by atoms with Gasteiger partial charge in [-0.05, 0) is 0 Å². The number of esters is 2. The highest BCUT2D eigenvalue weighted by Gasteiger charge is 2.49. The van der Waals surface area contributed by atoms with Crippen LogP contribution in [0.5, 0.6) is 0 Å². The monoisotopic (exact) mass is 266 g/mol. The van der Waals surface area contributed by atoms with E-state index in [4.69, 9.17) is 9.57 Å². The van der Waals surface area contributed by atoms with Gasteiger partial charge in [-0.25, -0.2) is 10.9 Å². The van der Waals surface area contributed by atoms with E-state index < -0.39 is 24.0 Å². The highest BCUT2D eigenvalue weighted by atomic mass is 16.7. The van der Waals surface area contributed by atoms with E-state index in [1.807, 2.05) is 24.3 Å². The van der Waals surface area contributed by atoms with Crippen molar-refractivity contribution in [1.82, 2.24) is 5.06 Å². The van der Waals surface area contributed by atoms with Crippen LogP contribution in [0, 0.1) is 5.92 Å². The lowest BCUT2D eigenvalue weighted by Gasteiger charge is -2.25. The first-order valence-electron chi connectivity index (χ1n) is 5.87. The van der Waals surface area contributed by atoms with Gasteiger partial charge in [0.05, 0.1) is 14.2 Å². The van der Waals surface area contributed by atoms with Crippen molar-refractivity contribution in [3.8, 4) is 0 Å². The average molecular weight is 266 g/mol. The summed E-state index contributed by atoms with van der Waals surface area (Å²) in [6.45, 7) is 0. The molecule has 0 aliphatic carbocycles. The first-order chi connectivity index (χ1) is 9.10. The maximum atomic E-state index is 12.0. The minimum absolute atomic E-state index is 0.369. The molecule has 0 N–H and O–H groups in total. The van der Waals surface area contributed by atoms with Crippen LogP contribution in [0.3, 0.4) is 0 Å². The topological polar surface area (TPSA) is 65.1 Å². The quantitative estimate of drug-likeness (QED) is 0.591. The van der Waals surface area contributed by atoms with Gasteiger partial charge in [0.1, 0.15) is 5.92 Å². The van der Waals surface area contributed by atoms with Crippen molar-refractivity contribution in [1.29, 1.82) is 0 Å². The Hall–Kier alpha value is -1.79. The SMILES string of the molecule is COC(=O)[C@@H]1[C@@H](c2cc[cH-]c2)N(C)O[C@H]1C(=O)OC. The minimum atomic E-state index is -0.984. The highest BCUT2D eigenvalue weighted by molar-refractivity contribution is 5.85. The Morgan fingerprint density at radius 1 is 1.32 bits per heavy atom. The Balaban J connectivity index is 2.35. The Kier molecular flexibility index (Phi) is 3.92. The second-order valence-corrected chi connectivity index (χ2v) is 4.31. The third-order valence-corrected chi connectivity index (χ3v) is 3.27. The smallest absolute Gasteiger partial charge is 0.338 e. The Labute approximate surface area is 111 Å². The van der Waals surface area contributed by atoms with Crippen LogP contribution in [-0.4, -0.2) is 44.4 Å². The van der Waals surface area contributed by atoms with Crippen LogP contribution in [0.15, 0.2) is 24.3 Å². The molecule has 19 heavy (non-hydrogen) atoms. The van der Waals surface area contributed by atoms with Crippen LogP contribution < -0.4 is 0 Å². The van der Waals surface area contributed by atoms with Crippen molar-refractivity contribution in [2.45, 2.75) is 12.1 Å². The molecular weight excluding hydrogens is 250 g/mol. The van der Waals surface area contributed by atoms with E-state index in [0.29, 0.717) is 0 Å². The van der Waals surface area contributed by atoms with Gasteiger partial charge in [-0.2, -0.15) is 28.8 Å². The third-order valence-electron chi connectivity index (χ3n) is 3.27. The van der Waals surface area contributed by atoms with Gasteiger partial charge in [-0.3, -0.25) is 9.63 Å². The minimum Gasteiger partial charge on any atom is -0.469 e. The fraction of sp³-hybridized carbons (Fsp3) is 0.462. The van der Waals surface area contributed by atoms with Gasteiger partial charge in [0.15, 0.2) is 6.10 Å². The van der Waals surface area contributed by atoms with Gasteiger partial charge in [-0.1, -0.05) is 0 Å². The molecule has 1 aliphatic heterocycles. The van der Waals surface area contributed by atoms with Gasteiger partial charge in [0.2, 0.25) is 0 Å². The zero-order chi connectivity index (χ0) is 14.0. The number of hydrogen-bond acceptors (Lipinski definition) is 6. The number of hydroxylamine groups is 2. The average Bonchev–Trinajstić information content (AvgIpc) is 3.03. The molecule has 2 rings (SSSR count). The zero-order valence-electron chi connectivity index (χ0n) is 11.0. The van der Waals surface area contributed by atoms with Gasteiger partial charge in [0.25, 0.3) is 0 Å². The summed E-state index contributed by atoms with van der Waals surface area (Å²) in [5.41, 5.74) is 0.893. The second-order valence-electron chi connectivity index (χ2n) is 4.31. The highest BCUT2D eigenvalue weighted by Crippen LogP contribution is 2.39. The van der Waals surface area contributed by atoms with Crippen LogP contribution in [0.4, 0.5) is 0 Å². The number of rotatable bonds is 3. The fourth-order valence-corrected chi connectivity index (χ4v) is 2.40. The molecule has 1 aliphatic rings. The van der Waals surface area contributed by atoms with E-state index in [1.54, 1.807) is 7.05 Å². The summed E-state index contributed by atoms with van der Waals surface area (Å²) in [7, 11) is 4.23. The molecule has 0 radical (unpaired) electrons. The predicted octanol–water partition coefficient (Wildman–Crippen LogP) is 0.654. The number of carbonyl (C=O) groups excluding carboxylic acids is 2. The first-order valence-corrected chi connectivity index (χ1v) is 5.87. The van der Waals surface area contributed by atoms with Gasteiger partial charge in [-0.15, -0.1) is 0 Å². The molecule has 1 fully saturated rings. The Morgan fingerprint density at radius 3 is 2.53 bits per heavy atom. The fourth-order valence-electron chi connectivity index (χ4n) is 2.40. The molecule has 1 aromatic rings. The molecule has 1 heterocycles. The van der Waals surface area contributed by atoms with E-state index in [2.05, 4.69) is 4.74 Å². The molecule has 0 bridgehead atoms. The van der Waals surface area contributed by atoms with Crippen LogP contribution >= 0.6 is 0 Å². The molecular formula is C13H16NO5-. The van der Waals surface area contributed by atoms with Crippen molar-refractivity contribution in [2.75, 3.05) is 21.3 Å². The lowest BCUT2D eigenvalue weighted by atomic mass is 9.91. The van der Waals surface area contributed by atoms with Gasteiger partial charge < -0.3 is 9.47 Å². The van der Waals surface area contributed by atoms with E-state index in [9.17, 15) is 9.59 Å². The van der Waals surface area contributed by atoms with Crippen LogP contribution in [-0.2, 0) is 23.9 Å². The second kappa shape index (κ2) is 5.46. The number of carbonyl (C=O) groups is 2. The molecule has 1 aromatic carbocycles. The molecule has 0 aromatic heterocycles. The van der Waals surface area contributed by atoms with E-state index in [0.717, 1.165) is 5.56 Å². The molecule has 104 valence electrons. The summed E-state index contributed by atoms with van der Waals surface area (Å²) in [6, 6.07) is 7.11. The number of hydrogen-bond donors (Lipinski definition) is 0. The maximum Gasteiger partial charge on any atom is 0.338 e. The zero-order valence-corrected chi connectivity index (χ0v) is 11.0. The molecule has 6 heteroatoms. The molecule has 0 spiro atoms. The number of nitrogens with zero attached hydrogens (tertiary/aromatic N) is 1. The molecule has 0 saturated carbocycles. The molecule has 0 amide bonds. The van der Waals surface area contributed by atoms with E-state index >= 15 is 0 Å². The summed E-state index contributed by atoms with van der Waals surface area (Å²) in [4.78, 5) is 29.1. The standard InChI is InChI=1S/C13H16NO5/c1-14-10(8-6-4-5-7-8)9(12(15)17-2)11(19-14)13(16)18-3/h4-7,9-11H,1-3H3/q-1/t9-,10-,11-/m1/s1. The van der Waals surface area contributed by atoms with Crippen LogP contribution in [0.1, 0.15) is 11.6 Å². The molecule has 1 saturated heterocycles. The number of ether oxygens (including phenoxy) is 2. The van der Waals surface area contributed by atoms with E-state index in [-0.39, 0.29) is 6.04 Å². The first kappa shape index (κ1) is 13.6. The van der Waals surface area contributed by atoms with Crippen LogP contribution in [0.25, 0.3) is 0 Å². The number of methoxy groups -OCH3 is 2. The van der Waals surface area contributed by atoms with E-state index in [1.165, 1.54) is 19.3 Å². The van der Waals surface area contributed by atoms with Crippen molar-refractivity contribution in [3.05, 3.63) is 29.8 Å². The summed E-state index contributed by atoms with van der Waals surface area (Å²) in [5.74, 6) is -1.83. The molecule has 6 nitrogen and oxygen atoms in total.